The molecule has 0 bridgehead atoms. The fraction of sp³-hybridized carbons (Fsp3) is 0.125. The van der Waals surface area contributed by atoms with Crippen LogP contribution in [0.4, 0.5) is 0 Å². The fourth-order valence-electron chi connectivity index (χ4n) is 3.81. The van der Waals surface area contributed by atoms with E-state index >= 15 is 0 Å². The molecule has 0 saturated carbocycles. The van der Waals surface area contributed by atoms with E-state index in [0.717, 1.165) is 27.5 Å². The third-order valence-corrected chi connectivity index (χ3v) is 5.15. The first kappa shape index (κ1) is 17.1. The smallest absolute Gasteiger partial charge is 0.252 e. The van der Waals surface area contributed by atoms with Crippen LogP contribution in [0.15, 0.2) is 66.7 Å². The predicted molar refractivity (Wildman–Crippen MR) is 112 cm³/mol. The van der Waals surface area contributed by atoms with Gasteiger partial charge in [-0.3, -0.25) is 4.79 Å². The van der Waals surface area contributed by atoms with Crippen molar-refractivity contribution >= 4 is 27.5 Å². The van der Waals surface area contributed by atoms with E-state index in [1.165, 1.54) is 10.8 Å². The summed E-state index contributed by atoms with van der Waals surface area (Å²) in [5, 5.41) is 7.05. The quantitative estimate of drug-likeness (QED) is 0.539. The molecule has 3 heteroatoms. The number of ether oxygens (including phenoxy) is 1. The average Bonchev–Trinajstić information content (AvgIpc) is 2.72. The van der Waals surface area contributed by atoms with Gasteiger partial charge in [-0.2, -0.15) is 0 Å². The van der Waals surface area contributed by atoms with Crippen molar-refractivity contribution in [2.45, 2.75) is 6.92 Å². The Hall–Kier alpha value is -3.33. The van der Waals surface area contributed by atoms with Crippen molar-refractivity contribution in [3.05, 3.63) is 77.9 Å². The Morgan fingerprint density at radius 2 is 1.56 bits per heavy atom. The fourth-order valence-corrected chi connectivity index (χ4v) is 3.81. The molecule has 0 radical (unpaired) electrons. The monoisotopic (exact) mass is 355 g/mol. The lowest BCUT2D eigenvalue weighted by Gasteiger charge is -2.19. The number of amides is 1. The number of hydrogen-bond acceptors (Lipinski definition) is 2. The van der Waals surface area contributed by atoms with E-state index in [2.05, 4.69) is 36.5 Å². The van der Waals surface area contributed by atoms with Crippen LogP contribution in [0.2, 0.25) is 0 Å². The zero-order chi connectivity index (χ0) is 19.0. The molecule has 4 rings (SSSR count). The van der Waals surface area contributed by atoms with Crippen molar-refractivity contribution in [3.63, 3.8) is 0 Å². The summed E-state index contributed by atoms with van der Waals surface area (Å²) < 4.78 is 5.73. The van der Waals surface area contributed by atoms with E-state index in [1.54, 1.807) is 14.2 Å². The van der Waals surface area contributed by atoms with Crippen molar-refractivity contribution in [1.82, 2.24) is 5.32 Å². The lowest BCUT2D eigenvalue weighted by Crippen LogP contribution is -2.19. The van der Waals surface area contributed by atoms with Crippen molar-refractivity contribution in [2.24, 2.45) is 0 Å². The molecule has 4 aromatic rings. The Kier molecular flexibility index (Phi) is 4.28. The summed E-state index contributed by atoms with van der Waals surface area (Å²) in [4.78, 5) is 12.9. The van der Waals surface area contributed by atoms with Gasteiger partial charge >= 0.3 is 0 Å². The standard InChI is InChI=1S/C24H21NO2/c1-15-18-10-6-4-8-16(18)12-13-19(15)22-21(27-3)14-17-9-5-7-11-20(17)23(22)24(26)25-2/h4-14H,1-3H3,(H,25,26). The largest absolute Gasteiger partial charge is 0.496 e. The molecule has 0 spiro atoms. The first-order valence-electron chi connectivity index (χ1n) is 8.96. The molecule has 27 heavy (non-hydrogen) atoms. The van der Waals surface area contributed by atoms with Gasteiger partial charge in [0.15, 0.2) is 0 Å². The summed E-state index contributed by atoms with van der Waals surface area (Å²) in [5.74, 6) is 0.582. The molecule has 0 aromatic heterocycles. The van der Waals surface area contributed by atoms with Gasteiger partial charge in [-0.1, -0.05) is 60.7 Å². The zero-order valence-corrected chi connectivity index (χ0v) is 15.7. The normalized spacial score (nSPS) is 10.9. The zero-order valence-electron chi connectivity index (χ0n) is 15.7. The van der Waals surface area contributed by atoms with Crippen LogP contribution in [0.1, 0.15) is 15.9 Å². The highest BCUT2D eigenvalue weighted by Gasteiger charge is 2.22. The third kappa shape index (κ3) is 2.72. The van der Waals surface area contributed by atoms with Crippen LogP contribution >= 0.6 is 0 Å². The summed E-state index contributed by atoms with van der Waals surface area (Å²) in [5.41, 5.74) is 3.62. The molecule has 0 aliphatic rings. The van der Waals surface area contributed by atoms with Crippen molar-refractivity contribution < 1.29 is 9.53 Å². The van der Waals surface area contributed by atoms with E-state index < -0.39 is 0 Å². The van der Waals surface area contributed by atoms with E-state index in [1.807, 2.05) is 42.5 Å². The molecule has 0 heterocycles. The molecule has 0 saturated heterocycles. The molecular weight excluding hydrogens is 334 g/mol. The van der Waals surface area contributed by atoms with E-state index in [-0.39, 0.29) is 5.91 Å². The molecule has 134 valence electrons. The molecule has 0 aliphatic carbocycles. The predicted octanol–water partition coefficient (Wildman–Crippen LogP) is 5.34. The van der Waals surface area contributed by atoms with Crippen LogP contribution in [-0.4, -0.2) is 20.1 Å². The van der Waals surface area contributed by atoms with E-state index in [4.69, 9.17) is 4.74 Å². The summed E-state index contributed by atoms with van der Waals surface area (Å²) in [7, 11) is 3.31. The highest BCUT2D eigenvalue weighted by Crippen LogP contribution is 2.41. The van der Waals surface area contributed by atoms with Crippen molar-refractivity contribution in [2.75, 3.05) is 14.2 Å². The highest BCUT2D eigenvalue weighted by atomic mass is 16.5. The lowest BCUT2D eigenvalue weighted by molar-refractivity contribution is 0.0965. The molecule has 1 amide bonds. The number of rotatable bonds is 3. The van der Waals surface area contributed by atoms with E-state index in [0.29, 0.717) is 11.3 Å². The van der Waals surface area contributed by atoms with Crippen LogP contribution < -0.4 is 10.1 Å². The number of carbonyl (C=O) groups excluding carboxylic acids is 1. The van der Waals surface area contributed by atoms with Crippen LogP contribution in [0.5, 0.6) is 5.75 Å². The average molecular weight is 355 g/mol. The van der Waals surface area contributed by atoms with Gasteiger partial charge in [0, 0.05) is 12.6 Å². The van der Waals surface area contributed by atoms with Gasteiger partial charge in [0.05, 0.1) is 12.7 Å². The lowest BCUT2D eigenvalue weighted by atomic mass is 9.88. The van der Waals surface area contributed by atoms with Gasteiger partial charge in [-0.25, -0.2) is 0 Å². The molecule has 0 unspecified atom stereocenters. The maximum atomic E-state index is 12.9. The van der Waals surface area contributed by atoms with Crippen molar-refractivity contribution in [3.8, 4) is 16.9 Å². The molecule has 0 aliphatic heterocycles. The van der Waals surface area contributed by atoms with Crippen LogP contribution in [0.3, 0.4) is 0 Å². The van der Waals surface area contributed by atoms with Crippen LogP contribution in [-0.2, 0) is 0 Å². The Balaban J connectivity index is 2.15. The van der Waals surface area contributed by atoms with Crippen LogP contribution in [0.25, 0.3) is 32.7 Å². The SMILES string of the molecule is CNC(=O)c1c(-c2ccc3ccccc3c2C)c(OC)cc2ccccc12. The minimum Gasteiger partial charge on any atom is -0.496 e. The second kappa shape index (κ2) is 6.76. The molecule has 0 fully saturated rings. The van der Waals surface area contributed by atoms with Gasteiger partial charge < -0.3 is 10.1 Å². The number of methoxy groups -OCH3 is 1. The second-order valence-corrected chi connectivity index (χ2v) is 6.59. The molecule has 3 nitrogen and oxygen atoms in total. The summed E-state index contributed by atoms with van der Waals surface area (Å²) in [6.45, 7) is 2.10. The summed E-state index contributed by atoms with van der Waals surface area (Å²) >= 11 is 0. The number of aryl methyl sites for hydroxylation is 1. The Labute approximate surface area is 158 Å². The first-order valence-corrected chi connectivity index (χ1v) is 8.96. The maximum absolute atomic E-state index is 12.9. The second-order valence-electron chi connectivity index (χ2n) is 6.59. The Morgan fingerprint density at radius 3 is 2.26 bits per heavy atom. The molecule has 0 atom stereocenters. The number of hydrogen-bond donors (Lipinski definition) is 1. The molecular formula is C24H21NO2. The van der Waals surface area contributed by atoms with Gasteiger partial charge in [0.25, 0.3) is 5.91 Å². The summed E-state index contributed by atoms with van der Waals surface area (Å²) in [6, 6.07) is 22.4. The van der Waals surface area contributed by atoms with Crippen molar-refractivity contribution in [1.29, 1.82) is 0 Å². The van der Waals surface area contributed by atoms with Gasteiger partial charge in [-0.05, 0) is 45.7 Å². The molecule has 4 aromatic carbocycles. The van der Waals surface area contributed by atoms with Gasteiger partial charge in [0.1, 0.15) is 5.75 Å². The Morgan fingerprint density at radius 1 is 0.889 bits per heavy atom. The van der Waals surface area contributed by atoms with Crippen LogP contribution in [0, 0.1) is 6.92 Å². The highest BCUT2D eigenvalue weighted by molar-refractivity contribution is 6.14. The van der Waals surface area contributed by atoms with Gasteiger partial charge in [0.2, 0.25) is 0 Å². The number of benzene rings is 4. The van der Waals surface area contributed by atoms with Gasteiger partial charge in [-0.15, -0.1) is 0 Å². The first-order chi connectivity index (χ1) is 13.2. The molecule has 1 N–H and O–H groups in total. The number of carbonyl (C=O) groups is 1. The topological polar surface area (TPSA) is 38.3 Å². The maximum Gasteiger partial charge on any atom is 0.252 e. The third-order valence-electron chi connectivity index (χ3n) is 5.15. The Bertz CT molecular complexity index is 1180. The number of fused-ring (bicyclic) bond motifs is 2. The number of nitrogens with one attached hydrogen (secondary N) is 1. The summed E-state index contributed by atoms with van der Waals surface area (Å²) in [6.07, 6.45) is 0. The van der Waals surface area contributed by atoms with E-state index in [9.17, 15) is 4.79 Å². The minimum atomic E-state index is -0.118. The minimum absolute atomic E-state index is 0.118.